The van der Waals surface area contributed by atoms with E-state index in [0.29, 0.717) is 11.0 Å². The van der Waals surface area contributed by atoms with Crippen LogP contribution in [0.25, 0.3) is 16.4 Å². The molecule has 2 aromatic heterocycles. The summed E-state index contributed by atoms with van der Waals surface area (Å²) in [5.41, 5.74) is 6.14. The van der Waals surface area contributed by atoms with E-state index in [-0.39, 0.29) is 23.5 Å². The lowest BCUT2D eigenvalue weighted by molar-refractivity contribution is 0.0526. The van der Waals surface area contributed by atoms with Gasteiger partial charge in [-0.25, -0.2) is 14.2 Å². The van der Waals surface area contributed by atoms with Gasteiger partial charge in [0.05, 0.1) is 6.61 Å². The van der Waals surface area contributed by atoms with Crippen molar-refractivity contribution in [1.82, 2.24) is 9.38 Å². The molecule has 0 amide bonds. The molecule has 0 radical (unpaired) electrons. The Morgan fingerprint density at radius 2 is 2.14 bits per heavy atom. The molecule has 3 aromatic rings. The Hall–Kier alpha value is -2.89. The molecule has 0 aliphatic rings. The van der Waals surface area contributed by atoms with Crippen LogP contribution in [0.1, 0.15) is 17.3 Å². The van der Waals surface area contributed by atoms with Crippen LogP contribution in [0.4, 0.5) is 5.82 Å². The lowest BCUT2D eigenvalue weighted by atomic mass is 10.1. The first kappa shape index (κ1) is 13.1. The number of benzene rings is 1. The number of hydrogen-bond acceptors (Lipinski definition) is 5. The van der Waals surface area contributed by atoms with E-state index in [1.54, 1.807) is 25.1 Å². The van der Waals surface area contributed by atoms with Crippen molar-refractivity contribution in [3.05, 3.63) is 52.4 Å². The van der Waals surface area contributed by atoms with E-state index in [9.17, 15) is 9.59 Å². The zero-order valence-corrected chi connectivity index (χ0v) is 11.4. The Labute approximate surface area is 119 Å². The van der Waals surface area contributed by atoms with Gasteiger partial charge in [0.25, 0.3) is 5.56 Å². The molecule has 0 spiro atoms. The molecule has 2 N–H and O–H groups in total. The largest absolute Gasteiger partial charge is 0.462 e. The van der Waals surface area contributed by atoms with Crippen LogP contribution in [0.5, 0.6) is 0 Å². The summed E-state index contributed by atoms with van der Waals surface area (Å²) in [5, 5.41) is 1.29. The molecule has 6 heteroatoms. The first-order valence-electron chi connectivity index (χ1n) is 6.49. The average molecular weight is 283 g/mol. The van der Waals surface area contributed by atoms with Gasteiger partial charge in [0, 0.05) is 11.6 Å². The second-order valence-corrected chi connectivity index (χ2v) is 4.51. The molecule has 0 aliphatic heterocycles. The Balaban J connectivity index is 2.38. The van der Waals surface area contributed by atoms with Gasteiger partial charge < -0.3 is 10.5 Å². The Morgan fingerprint density at radius 3 is 2.90 bits per heavy atom. The van der Waals surface area contributed by atoms with Gasteiger partial charge in [-0.3, -0.25) is 4.79 Å². The van der Waals surface area contributed by atoms with Crippen LogP contribution in [-0.2, 0) is 4.74 Å². The van der Waals surface area contributed by atoms with Gasteiger partial charge in [-0.1, -0.05) is 18.2 Å². The number of aromatic nitrogens is 2. The van der Waals surface area contributed by atoms with Crippen molar-refractivity contribution in [1.29, 1.82) is 0 Å². The molecule has 0 bridgehead atoms. The number of nitrogen functional groups attached to an aromatic ring is 1. The van der Waals surface area contributed by atoms with Crippen molar-refractivity contribution in [2.45, 2.75) is 6.92 Å². The number of hydrogen-bond donors (Lipinski definition) is 1. The molecule has 0 aliphatic carbocycles. The molecular weight excluding hydrogens is 270 g/mol. The third-order valence-corrected chi connectivity index (χ3v) is 3.25. The number of fused-ring (bicyclic) bond motifs is 2. The van der Waals surface area contributed by atoms with E-state index in [0.717, 1.165) is 5.39 Å². The smallest absolute Gasteiger partial charge is 0.343 e. The highest BCUT2D eigenvalue weighted by molar-refractivity contribution is 5.95. The van der Waals surface area contributed by atoms with Crippen LogP contribution >= 0.6 is 0 Å². The van der Waals surface area contributed by atoms with Gasteiger partial charge in [0.15, 0.2) is 0 Å². The summed E-state index contributed by atoms with van der Waals surface area (Å²) in [6.07, 6.45) is 1.33. The summed E-state index contributed by atoms with van der Waals surface area (Å²) in [6.45, 7) is 1.92. The number of carbonyl (C=O) groups excluding carboxylic acids is 1. The molecule has 6 nitrogen and oxygen atoms in total. The SMILES string of the molecule is CCOC(=O)c1cnc2cc3ccccc3c(=O)n2c1N. The predicted molar refractivity (Wildman–Crippen MR) is 79.3 cm³/mol. The Bertz CT molecular complexity index is 915. The average Bonchev–Trinajstić information content (AvgIpc) is 2.47. The molecule has 106 valence electrons. The number of esters is 1. The number of nitrogens with two attached hydrogens (primary N) is 1. The second-order valence-electron chi connectivity index (χ2n) is 4.51. The maximum atomic E-state index is 12.5. The molecule has 21 heavy (non-hydrogen) atoms. The first-order valence-corrected chi connectivity index (χ1v) is 6.49. The molecule has 0 saturated heterocycles. The normalized spacial score (nSPS) is 10.9. The maximum absolute atomic E-state index is 12.5. The summed E-state index contributed by atoms with van der Waals surface area (Å²) >= 11 is 0. The minimum absolute atomic E-state index is 0.0363. The highest BCUT2D eigenvalue weighted by Crippen LogP contribution is 2.17. The second kappa shape index (κ2) is 4.90. The fraction of sp³-hybridized carbons (Fsp3) is 0.133. The van der Waals surface area contributed by atoms with Crippen LogP contribution in [0.2, 0.25) is 0 Å². The van der Waals surface area contributed by atoms with E-state index in [4.69, 9.17) is 10.5 Å². The summed E-state index contributed by atoms with van der Waals surface area (Å²) in [5.74, 6) is -0.557. The molecule has 2 heterocycles. The minimum Gasteiger partial charge on any atom is -0.462 e. The Morgan fingerprint density at radius 1 is 1.38 bits per heavy atom. The van der Waals surface area contributed by atoms with Gasteiger partial charge in [-0.15, -0.1) is 0 Å². The zero-order chi connectivity index (χ0) is 15.0. The minimum atomic E-state index is -0.593. The van der Waals surface area contributed by atoms with Crippen LogP contribution in [0.15, 0.2) is 41.3 Å². The van der Waals surface area contributed by atoms with Crippen molar-refractivity contribution in [3.8, 4) is 0 Å². The van der Waals surface area contributed by atoms with Crippen LogP contribution in [0.3, 0.4) is 0 Å². The van der Waals surface area contributed by atoms with E-state index >= 15 is 0 Å². The molecular formula is C15H13N3O3. The molecule has 0 saturated carbocycles. The molecule has 0 unspecified atom stereocenters. The van der Waals surface area contributed by atoms with Crippen molar-refractivity contribution in [2.75, 3.05) is 12.3 Å². The maximum Gasteiger partial charge on any atom is 0.343 e. The third-order valence-electron chi connectivity index (χ3n) is 3.25. The van der Waals surface area contributed by atoms with Gasteiger partial charge in [-0.2, -0.15) is 0 Å². The zero-order valence-electron chi connectivity index (χ0n) is 11.4. The van der Waals surface area contributed by atoms with Crippen molar-refractivity contribution < 1.29 is 9.53 Å². The molecule has 0 atom stereocenters. The van der Waals surface area contributed by atoms with Crippen LogP contribution in [0, 0.1) is 0 Å². The third kappa shape index (κ3) is 2.01. The Kier molecular flexibility index (Phi) is 3.06. The van der Waals surface area contributed by atoms with Crippen molar-refractivity contribution in [2.24, 2.45) is 0 Å². The monoisotopic (exact) mass is 283 g/mol. The van der Waals surface area contributed by atoms with E-state index in [2.05, 4.69) is 4.98 Å². The predicted octanol–water partition coefficient (Wildman–Crippen LogP) is 1.61. The van der Waals surface area contributed by atoms with Crippen LogP contribution in [-0.4, -0.2) is 22.0 Å². The quantitative estimate of drug-likeness (QED) is 0.570. The molecule has 0 fully saturated rings. The van der Waals surface area contributed by atoms with Crippen molar-refractivity contribution in [3.63, 3.8) is 0 Å². The summed E-state index contributed by atoms with van der Waals surface area (Å²) in [6, 6.07) is 8.90. The fourth-order valence-corrected chi connectivity index (χ4v) is 2.26. The first-order chi connectivity index (χ1) is 10.1. The van der Waals surface area contributed by atoms with Crippen molar-refractivity contribution >= 4 is 28.2 Å². The summed E-state index contributed by atoms with van der Waals surface area (Å²) in [7, 11) is 0. The van der Waals surface area contributed by atoms with Gasteiger partial charge >= 0.3 is 5.97 Å². The van der Waals surface area contributed by atoms with E-state index < -0.39 is 5.97 Å². The topological polar surface area (TPSA) is 86.7 Å². The summed E-state index contributed by atoms with van der Waals surface area (Å²) in [4.78, 5) is 28.5. The lowest BCUT2D eigenvalue weighted by Crippen LogP contribution is -2.21. The summed E-state index contributed by atoms with van der Waals surface area (Å²) < 4.78 is 6.14. The number of rotatable bonds is 2. The standard InChI is InChI=1S/C15H13N3O3/c1-2-21-15(20)11-8-17-12-7-9-5-3-4-6-10(9)14(19)18(12)13(11)16/h3-8H,2,16H2,1H3. The van der Waals surface area contributed by atoms with Crippen LogP contribution < -0.4 is 11.3 Å². The number of carbonyl (C=O) groups is 1. The van der Waals surface area contributed by atoms with E-state index in [1.165, 1.54) is 10.6 Å². The highest BCUT2D eigenvalue weighted by Gasteiger charge is 2.16. The van der Waals surface area contributed by atoms with Gasteiger partial charge in [0.2, 0.25) is 0 Å². The molecule has 1 aromatic carbocycles. The number of ether oxygens (including phenoxy) is 1. The number of nitrogens with zero attached hydrogens (tertiary/aromatic N) is 2. The lowest BCUT2D eigenvalue weighted by Gasteiger charge is -2.10. The number of anilines is 1. The molecule has 3 rings (SSSR count). The number of pyridine rings is 1. The fourth-order valence-electron chi connectivity index (χ4n) is 2.26. The highest BCUT2D eigenvalue weighted by atomic mass is 16.5. The van der Waals surface area contributed by atoms with Gasteiger partial charge in [-0.05, 0) is 24.4 Å². The van der Waals surface area contributed by atoms with E-state index in [1.807, 2.05) is 12.1 Å². The van der Waals surface area contributed by atoms with Gasteiger partial charge in [0.1, 0.15) is 17.0 Å².